The molecule has 0 spiro atoms. The third-order valence-corrected chi connectivity index (χ3v) is 2.29. The van der Waals surface area contributed by atoms with Crippen LogP contribution in [0.25, 0.3) is 10.8 Å². The van der Waals surface area contributed by atoms with E-state index >= 15 is 0 Å². The van der Waals surface area contributed by atoms with Crippen LogP contribution in [0.15, 0.2) is 24.3 Å². The summed E-state index contributed by atoms with van der Waals surface area (Å²) in [5.74, 6) is -2.20. The van der Waals surface area contributed by atoms with Crippen molar-refractivity contribution in [3.63, 3.8) is 0 Å². The van der Waals surface area contributed by atoms with Crippen molar-refractivity contribution in [1.29, 1.82) is 0 Å². The highest BCUT2D eigenvalue weighted by atomic mass is 16.6. The van der Waals surface area contributed by atoms with Crippen LogP contribution in [0.5, 0.6) is 17.2 Å². The van der Waals surface area contributed by atoms with Crippen LogP contribution in [0.3, 0.4) is 0 Å². The lowest BCUT2D eigenvalue weighted by Crippen LogP contribution is -1.91. The number of phenols is 3. The van der Waals surface area contributed by atoms with Gasteiger partial charge in [-0.2, -0.15) is 0 Å². The highest BCUT2D eigenvalue weighted by Gasteiger charge is 2.26. The fourth-order valence-corrected chi connectivity index (χ4v) is 1.55. The third-order valence-electron chi connectivity index (χ3n) is 2.29. The van der Waals surface area contributed by atoms with E-state index < -0.39 is 27.9 Å². The molecule has 0 heterocycles. The van der Waals surface area contributed by atoms with Crippen molar-refractivity contribution in [2.75, 3.05) is 0 Å². The Bertz CT molecular complexity index is 593. The quantitative estimate of drug-likeness (QED) is 0.295. The Kier molecular flexibility index (Phi) is 2.05. The van der Waals surface area contributed by atoms with E-state index in [1.54, 1.807) is 12.1 Å². The van der Waals surface area contributed by atoms with Crippen molar-refractivity contribution in [2.45, 2.75) is 0 Å². The number of nitrogens with zero attached hydrogens (tertiary/aromatic N) is 1. The van der Waals surface area contributed by atoms with Crippen molar-refractivity contribution in [2.24, 2.45) is 0 Å². The van der Waals surface area contributed by atoms with Gasteiger partial charge in [-0.25, -0.2) is 0 Å². The maximum atomic E-state index is 10.6. The molecule has 0 unspecified atom stereocenters. The predicted molar refractivity (Wildman–Crippen MR) is 55.6 cm³/mol. The van der Waals surface area contributed by atoms with Crippen molar-refractivity contribution in [1.82, 2.24) is 0 Å². The first-order valence-corrected chi connectivity index (χ1v) is 4.34. The first kappa shape index (κ1) is 10.0. The lowest BCUT2D eigenvalue weighted by Gasteiger charge is -2.06. The molecule has 0 aromatic heterocycles. The van der Waals surface area contributed by atoms with Crippen LogP contribution in [0.4, 0.5) is 5.69 Å². The predicted octanol–water partition coefficient (Wildman–Crippen LogP) is 1.86. The largest absolute Gasteiger partial charge is 0.504 e. The topological polar surface area (TPSA) is 104 Å². The molecule has 0 aliphatic rings. The fourth-order valence-electron chi connectivity index (χ4n) is 1.55. The van der Waals surface area contributed by atoms with Gasteiger partial charge in [0.15, 0.2) is 5.75 Å². The minimum atomic E-state index is -0.948. The van der Waals surface area contributed by atoms with Crippen molar-refractivity contribution >= 4 is 16.5 Å². The first-order valence-electron chi connectivity index (χ1n) is 4.34. The number of benzene rings is 2. The summed E-state index contributed by atoms with van der Waals surface area (Å²) in [5, 5.41) is 39.4. The van der Waals surface area contributed by atoms with Crippen LogP contribution >= 0.6 is 0 Å². The van der Waals surface area contributed by atoms with E-state index in [-0.39, 0.29) is 10.8 Å². The molecule has 0 saturated carbocycles. The number of fused-ring (bicyclic) bond motifs is 1. The SMILES string of the molecule is O=[N+]([O-])c1c(O)c(O)c2ccccc2c1O. The summed E-state index contributed by atoms with van der Waals surface area (Å²) in [5.41, 5.74) is -0.892. The molecule has 2 aromatic carbocycles. The average Bonchev–Trinajstić information content (AvgIpc) is 2.26. The highest BCUT2D eigenvalue weighted by molar-refractivity contribution is 5.99. The van der Waals surface area contributed by atoms with Gasteiger partial charge in [-0.15, -0.1) is 0 Å². The van der Waals surface area contributed by atoms with Gasteiger partial charge in [-0.3, -0.25) is 10.1 Å². The Hall–Kier alpha value is -2.50. The van der Waals surface area contributed by atoms with Crippen LogP contribution in [-0.2, 0) is 0 Å². The van der Waals surface area contributed by atoms with Gasteiger partial charge in [0.25, 0.3) is 0 Å². The summed E-state index contributed by atoms with van der Waals surface area (Å²) in [6.07, 6.45) is 0. The second-order valence-electron chi connectivity index (χ2n) is 3.20. The summed E-state index contributed by atoms with van der Waals surface area (Å²) in [6, 6.07) is 5.99. The fraction of sp³-hybridized carbons (Fsp3) is 0. The summed E-state index contributed by atoms with van der Waals surface area (Å²) in [4.78, 5) is 9.67. The number of phenolic OH excluding ortho intramolecular Hbond substituents is 3. The molecule has 0 amide bonds. The summed E-state index contributed by atoms with van der Waals surface area (Å²) in [6.45, 7) is 0. The molecule has 0 atom stereocenters. The van der Waals surface area contributed by atoms with Crippen molar-refractivity contribution < 1.29 is 20.2 Å². The van der Waals surface area contributed by atoms with Gasteiger partial charge in [-0.05, 0) is 0 Å². The van der Waals surface area contributed by atoms with Crippen molar-refractivity contribution in [3.8, 4) is 17.2 Å². The molecule has 0 radical (unpaired) electrons. The van der Waals surface area contributed by atoms with Crippen LogP contribution < -0.4 is 0 Å². The van der Waals surface area contributed by atoms with Gasteiger partial charge in [0.1, 0.15) is 0 Å². The molecule has 0 bridgehead atoms. The van der Waals surface area contributed by atoms with E-state index in [2.05, 4.69) is 0 Å². The smallest absolute Gasteiger partial charge is 0.356 e. The Morgan fingerprint density at radius 1 is 0.938 bits per heavy atom. The normalized spacial score (nSPS) is 10.5. The monoisotopic (exact) mass is 221 g/mol. The average molecular weight is 221 g/mol. The molecule has 16 heavy (non-hydrogen) atoms. The number of nitro groups is 1. The number of nitro benzene ring substituents is 1. The zero-order valence-corrected chi connectivity index (χ0v) is 7.91. The summed E-state index contributed by atoms with van der Waals surface area (Å²) in [7, 11) is 0. The molecule has 82 valence electrons. The maximum Gasteiger partial charge on any atom is 0.356 e. The van der Waals surface area contributed by atoms with Crippen LogP contribution in [-0.4, -0.2) is 20.2 Å². The van der Waals surface area contributed by atoms with Gasteiger partial charge in [0.05, 0.1) is 4.92 Å². The second kappa shape index (κ2) is 3.27. The Morgan fingerprint density at radius 3 is 1.94 bits per heavy atom. The Morgan fingerprint density at radius 2 is 1.44 bits per heavy atom. The molecule has 0 fully saturated rings. The van der Waals surface area contributed by atoms with E-state index in [0.717, 1.165) is 0 Å². The molecule has 0 aliphatic carbocycles. The number of rotatable bonds is 1. The van der Waals surface area contributed by atoms with Gasteiger partial charge < -0.3 is 15.3 Å². The number of aromatic hydroxyl groups is 3. The number of hydrogen-bond acceptors (Lipinski definition) is 5. The van der Waals surface area contributed by atoms with E-state index in [9.17, 15) is 25.4 Å². The molecule has 2 aromatic rings. The second-order valence-corrected chi connectivity index (χ2v) is 3.20. The lowest BCUT2D eigenvalue weighted by atomic mass is 10.1. The first-order chi connectivity index (χ1) is 7.54. The van der Waals surface area contributed by atoms with Crippen LogP contribution in [0.1, 0.15) is 0 Å². The minimum absolute atomic E-state index is 0.115. The summed E-state index contributed by atoms with van der Waals surface area (Å²) < 4.78 is 0. The lowest BCUT2D eigenvalue weighted by molar-refractivity contribution is -0.386. The summed E-state index contributed by atoms with van der Waals surface area (Å²) >= 11 is 0. The van der Waals surface area contributed by atoms with Gasteiger partial charge in [0, 0.05) is 10.8 Å². The van der Waals surface area contributed by atoms with E-state index in [0.29, 0.717) is 0 Å². The molecule has 6 heteroatoms. The molecular weight excluding hydrogens is 214 g/mol. The van der Waals surface area contributed by atoms with Gasteiger partial charge in [-0.1, -0.05) is 24.3 Å². The van der Waals surface area contributed by atoms with E-state index in [1.165, 1.54) is 12.1 Å². The molecule has 3 N–H and O–H groups in total. The minimum Gasteiger partial charge on any atom is -0.504 e. The zero-order valence-electron chi connectivity index (χ0n) is 7.91. The Labute approximate surface area is 89.1 Å². The van der Waals surface area contributed by atoms with Crippen LogP contribution in [0.2, 0.25) is 0 Å². The Balaban J connectivity index is 3.00. The number of hydrogen-bond donors (Lipinski definition) is 3. The van der Waals surface area contributed by atoms with Gasteiger partial charge in [0.2, 0.25) is 11.5 Å². The van der Waals surface area contributed by atoms with Gasteiger partial charge >= 0.3 is 5.69 Å². The molecule has 0 aliphatic heterocycles. The van der Waals surface area contributed by atoms with Crippen LogP contribution in [0, 0.1) is 10.1 Å². The van der Waals surface area contributed by atoms with Crippen molar-refractivity contribution in [3.05, 3.63) is 34.4 Å². The van der Waals surface area contributed by atoms with E-state index in [4.69, 9.17) is 0 Å². The molecule has 0 saturated heterocycles. The molecular formula is C10H7NO5. The molecule has 2 rings (SSSR count). The zero-order chi connectivity index (χ0) is 11.9. The molecule has 6 nitrogen and oxygen atoms in total. The van der Waals surface area contributed by atoms with E-state index in [1.807, 2.05) is 0 Å². The third kappa shape index (κ3) is 1.20. The standard InChI is InChI=1S/C10H7NO5/c12-8-5-3-1-2-4-6(5)9(13)10(14)7(8)11(15)16/h1-4,12-14H. The highest BCUT2D eigenvalue weighted by Crippen LogP contribution is 2.48. The maximum absolute atomic E-state index is 10.6.